The molecule has 3 aliphatic rings. The summed E-state index contributed by atoms with van der Waals surface area (Å²) in [5.74, 6) is -1.21. The van der Waals surface area contributed by atoms with E-state index in [2.05, 4.69) is 0 Å². The fourth-order valence-electron chi connectivity index (χ4n) is 6.58. The zero-order valence-electron chi connectivity index (χ0n) is 21.7. The SMILES string of the molecule is COc1ccc([C@H]2[C@H](C(=O)C(C)(C)C)N3c4ccc(F)cc4C=CC3C23C(=O)c2ccccc2C3=O)cc1. The molecule has 1 fully saturated rings. The molecule has 5 nitrogen and oxygen atoms in total. The number of hydrogen-bond acceptors (Lipinski definition) is 5. The molecule has 1 aliphatic carbocycles. The average Bonchev–Trinajstić information content (AvgIpc) is 3.33. The van der Waals surface area contributed by atoms with Crippen LogP contribution in [0, 0.1) is 16.6 Å². The Labute approximate surface area is 220 Å². The minimum Gasteiger partial charge on any atom is -0.497 e. The lowest BCUT2D eigenvalue weighted by Crippen LogP contribution is -2.49. The third kappa shape index (κ3) is 3.12. The van der Waals surface area contributed by atoms with Crippen molar-refractivity contribution in [1.29, 1.82) is 0 Å². The Balaban J connectivity index is 1.69. The van der Waals surface area contributed by atoms with Gasteiger partial charge in [-0.05, 0) is 35.9 Å². The Morgan fingerprint density at radius 2 is 1.58 bits per heavy atom. The van der Waals surface area contributed by atoms with Gasteiger partial charge in [0.15, 0.2) is 17.3 Å². The molecular weight excluding hydrogens is 481 g/mol. The highest BCUT2D eigenvalue weighted by molar-refractivity contribution is 6.32. The van der Waals surface area contributed by atoms with E-state index in [-0.39, 0.29) is 17.3 Å². The van der Waals surface area contributed by atoms with E-state index in [9.17, 15) is 18.8 Å². The van der Waals surface area contributed by atoms with Crippen molar-refractivity contribution in [3.05, 3.63) is 101 Å². The predicted octanol–water partition coefficient (Wildman–Crippen LogP) is 5.88. The fraction of sp³-hybridized carbons (Fsp3) is 0.281. The van der Waals surface area contributed by atoms with Gasteiger partial charge in [-0.2, -0.15) is 0 Å². The minimum atomic E-state index is -1.56. The van der Waals surface area contributed by atoms with E-state index in [1.54, 1.807) is 61.7 Å². The summed E-state index contributed by atoms with van der Waals surface area (Å²) in [5, 5.41) is 0. The van der Waals surface area contributed by atoms with E-state index in [0.29, 0.717) is 33.7 Å². The first kappa shape index (κ1) is 24.3. The van der Waals surface area contributed by atoms with E-state index in [0.717, 1.165) is 0 Å². The summed E-state index contributed by atoms with van der Waals surface area (Å²) in [4.78, 5) is 45.2. The summed E-state index contributed by atoms with van der Waals surface area (Å²) >= 11 is 0. The van der Waals surface area contributed by atoms with Crippen molar-refractivity contribution in [3.8, 4) is 5.75 Å². The molecule has 3 atom stereocenters. The maximum Gasteiger partial charge on any atom is 0.180 e. The summed E-state index contributed by atoms with van der Waals surface area (Å²) in [6, 6.07) is 17.0. The number of methoxy groups -OCH3 is 1. The smallest absolute Gasteiger partial charge is 0.180 e. The zero-order chi connectivity index (χ0) is 27.0. The Hall–Kier alpha value is -4.06. The molecule has 1 saturated heterocycles. The highest BCUT2D eigenvalue weighted by Crippen LogP contribution is 2.61. The molecule has 0 saturated carbocycles. The second kappa shape index (κ2) is 8.22. The number of nitrogens with zero attached hydrogens (tertiary/aromatic N) is 1. The number of hydrogen-bond donors (Lipinski definition) is 0. The van der Waals surface area contributed by atoms with Gasteiger partial charge in [0.2, 0.25) is 0 Å². The highest BCUT2D eigenvalue weighted by atomic mass is 19.1. The first-order valence-corrected chi connectivity index (χ1v) is 12.7. The molecule has 1 spiro atoms. The zero-order valence-corrected chi connectivity index (χ0v) is 21.7. The number of rotatable bonds is 3. The van der Waals surface area contributed by atoms with Gasteiger partial charge in [-0.1, -0.05) is 69.3 Å². The number of halogens is 1. The predicted molar refractivity (Wildman–Crippen MR) is 143 cm³/mol. The minimum absolute atomic E-state index is 0.0951. The molecule has 3 aromatic rings. The Bertz CT molecular complexity index is 1500. The van der Waals surface area contributed by atoms with Crippen LogP contribution in [0.25, 0.3) is 6.08 Å². The lowest BCUT2D eigenvalue weighted by Gasteiger charge is -2.38. The Kier molecular flexibility index (Phi) is 5.25. The van der Waals surface area contributed by atoms with Gasteiger partial charge in [-0.3, -0.25) is 14.4 Å². The quantitative estimate of drug-likeness (QED) is 0.413. The Morgan fingerprint density at radius 1 is 0.947 bits per heavy atom. The molecule has 6 rings (SSSR count). The first-order chi connectivity index (χ1) is 18.1. The maximum absolute atomic E-state index is 14.5. The highest BCUT2D eigenvalue weighted by Gasteiger charge is 2.71. The van der Waals surface area contributed by atoms with Gasteiger partial charge in [0.25, 0.3) is 0 Å². The number of anilines is 1. The lowest BCUT2D eigenvalue weighted by atomic mass is 9.63. The van der Waals surface area contributed by atoms with Gasteiger partial charge in [-0.15, -0.1) is 0 Å². The summed E-state index contributed by atoms with van der Waals surface area (Å²) < 4.78 is 19.6. The molecule has 0 bridgehead atoms. The van der Waals surface area contributed by atoms with Gasteiger partial charge in [0.1, 0.15) is 17.0 Å². The molecule has 3 aromatic carbocycles. The molecule has 0 amide bonds. The molecule has 38 heavy (non-hydrogen) atoms. The third-order valence-electron chi connectivity index (χ3n) is 8.25. The largest absolute Gasteiger partial charge is 0.497 e. The van der Waals surface area contributed by atoms with E-state index in [1.807, 2.05) is 37.8 Å². The van der Waals surface area contributed by atoms with Gasteiger partial charge in [0, 0.05) is 33.7 Å². The number of ether oxygens (including phenoxy) is 1. The van der Waals surface area contributed by atoms with Crippen molar-refractivity contribution < 1.29 is 23.5 Å². The van der Waals surface area contributed by atoms with Gasteiger partial charge >= 0.3 is 0 Å². The van der Waals surface area contributed by atoms with E-state index < -0.39 is 34.6 Å². The molecule has 2 heterocycles. The average molecular weight is 510 g/mol. The topological polar surface area (TPSA) is 63.7 Å². The molecule has 6 heteroatoms. The summed E-state index contributed by atoms with van der Waals surface area (Å²) in [7, 11) is 1.57. The number of carbonyl (C=O) groups excluding carboxylic acids is 3. The van der Waals surface area contributed by atoms with Crippen LogP contribution in [0.1, 0.15) is 58.5 Å². The van der Waals surface area contributed by atoms with Crippen LogP contribution in [0.5, 0.6) is 5.75 Å². The summed E-state index contributed by atoms with van der Waals surface area (Å²) in [5.41, 5.74) is 0.351. The number of Topliss-reactive ketones (excluding diaryl/α,β-unsaturated/α-hetero) is 3. The number of ketones is 3. The van der Waals surface area contributed by atoms with Crippen LogP contribution in [0.4, 0.5) is 10.1 Å². The first-order valence-electron chi connectivity index (χ1n) is 12.7. The molecular formula is C32H28FNO4. The normalized spacial score (nSPS) is 22.9. The maximum atomic E-state index is 14.5. The van der Waals surface area contributed by atoms with Crippen LogP contribution in [-0.4, -0.2) is 36.5 Å². The standard InChI is InChI=1S/C32H28FNO4/c1-31(2,3)30(37)27-26(18-9-13-21(38-4)14-10-18)32(28(35)22-7-5-6-8-23(22)29(32)36)25-16-11-19-17-20(33)12-15-24(19)34(25)27/h5-17,25-27H,1-4H3/t25?,26-,27+/m0/s1. The van der Waals surface area contributed by atoms with Crippen molar-refractivity contribution in [3.63, 3.8) is 0 Å². The molecule has 0 radical (unpaired) electrons. The fourth-order valence-corrected chi connectivity index (χ4v) is 6.58. The van der Waals surface area contributed by atoms with Crippen molar-refractivity contribution in [1.82, 2.24) is 0 Å². The third-order valence-corrected chi connectivity index (χ3v) is 8.25. The van der Waals surface area contributed by atoms with Crippen LogP contribution in [0.15, 0.2) is 72.8 Å². The van der Waals surface area contributed by atoms with Crippen molar-refractivity contribution in [2.45, 2.75) is 38.8 Å². The van der Waals surface area contributed by atoms with Crippen molar-refractivity contribution in [2.75, 3.05) is 12.0 Å². The van der Waals surface area contributed by atoms with E-state index >= 15 is 0 Å². The van der Waals surface area contributed by atoms with Crippen LogP contribution in [0.3, 0.4) is 0 Å². The van der Waals surface area contributed by atoms with E-state index in [1.165, 1.54) is 12.1 Å². The molecule has 192 valence electrons. The van der Waals surface area contributed by atoms with Gasteiger partial charge in [0.05, 0.1) is 19.2 Å². The van der Waals surface area contributed by atoms with Crippen LogP contribution < -0.4 is 9.64 Å². The van der Waals surface area contributed by atoms with Crippen LogP contribution in [-0.2, 0) is 4.79 Å². The second-order valence-corrected chi connectivity index (χ2v) is 11.3. The lowest BCUT2D eigenvalue weighted by molar-refractivity contribution is -0.127. The number of fused-ring (bicyclic) bond motifs is 5. The van der Waals surface area contributed by atoms with Gasteiger partial charge < -0.3 is 9.64 Å². The monoisotopic (exact) mass is 509 g/mol. The van der Waals surface area contributed by atoms with Crippen molar-refractivity contribution in [2.24, 2.45) is 10.8 Å². The van der Waals surface area contributed by atoms with Gasteiger partial charge in [-0.25, -0.2) is 4.39 Å². The summed E-state index contributed by atoms with van der Waals surface area (Å²) in [6.45, 7) is 5.54. The molecule has 1 unspecified atom stereocenters. The van der Waals surface area contributed by atoms with E-state index in [4.69, 9.17) is 4.74 Å². The van der Waals surface area contributed by atoms with Crippen molar-refractivity contribution >= 4 is 29.1 Å². The molecule has 2 aliphatic heterocycles. The number of benzene rings is 3. The summed E-state index contributed by atoms with van der Waals surface area (Å²) in [6.07, 6.45) is 3.57. The second-order valence-electron chi connectivity index (χ2n) is 11.3. The number of carbonyl (C=O) groups is 3. The van der Waals surface area contributed by atoms with Crippen LogP contribution >= 0.6 is 0 Å². The molecule has 0 N–H and O–H groups in total. The Morgan fingerprint density at radius 3 is 2.16 bits per heavy atom. The van der Waals surface area contributed by atoms with Crippen LogP contribution in [0.2, 0.25) is 0 Å². The molecule has 0 aromatic heterocycles.